The fraction of sp³-hybridized carbons (Fsp3) is 0.316. The molecule has 115 valence electrons. The lowest BCUT2D eigenvalue weighted by molar-refractivity contribution is 0.0809. The van der Waals surface area contributed by atoms with E-state index in [0.29, 0.717) is 18.9 Å². The molecule has 0 saturated carbocycles. The molecule has 0 amide bonds. The monoisotopic (exact) mass is 296 g/mol. The van der Waals surface area contributed by atoms with Gasteiger partial charge in [0.2, 0.25) is 6.29 Å². The molecule has 2 aromatic rings. The summed E-state index contributed by atoms with van der Waals surface area (Å²) in [6.07, 6.45) is 2.82. The second-order valence-electron chi connectivity index (χ2n) is 5.68. The molecule has 0 bridgehead atoms. The first kappa shape index (κ1) is 16.2. The van der Waals surface area contributed by atoms with Crippen molar-refractivity contribution in [2.24, 2.45) is 5.92 Å². The van der Waals surface area contributed by atoms with E-state index in [9.17, 15) is 4.79 Å². The maximum atomic E-state index is 11.4. The van der Waals surface area contributed by atoms with Crippen molar-refractivity contribution in [3.05, 3.63) is 66.2 Å². The summed E-state index contributed by atoms with van der Waals surface area (Å²) in [5.74, 6) is 0.387. The van der Waals surface area contributed by atoms with Gasteiger partial charge in [0.1, 0.15) is 6.04 Å². The third kappa shape index (κ3) is 4.71. The molecular formula is C19H22NO2. The standard InChI is InChI=1S/C19H22NO2/c1-16(2)13-19(14-21)20(18-11-7-4-8-12-18)22-15-17-9-5-3-6-10-17/h3-12,16,19H,13,15H2,1-2H3/t19-/m0/s1. The Morgan fingerprint density at radius 3 is 2.14 bits per heavy atom. The van der Waals surface area contributed by atoms with Crippen molar-refractivity contribution < 1.29 is 9.63 Å². The average molecular weight is 296 g/mol. The van der Waals surface area contributed by atoms with Crippen molar-refractivity contribution in [3.63, 3.8) is 0 Å². The summed E-state index contributed by atoms with van der Waals surface area (Å²) in [4.78, 5) is 17.4. The van der Waals surface area contributed by atoms with Crippen LogP contribution >= 0.6 is 0 Å². The first-order valence-corrected chi connectivity index (χ1v) is 7.59. The molecule has 0 fully saturated rings. The average Bonchev–Trinajstić information content (AvgIpc) is 2.55. The Morgan fingerprint density at radius 1 is 1.00 bits per heavy atom. The molecule has 0 aromatic heterocycles. The summed E-state index contributed by atoms with van der Waals surface area (Å²) in [5, 5.41) is 1.68. The van der Waals surface area contributed by atoms with Crippen LogP contribution in [0.25, 0.3) is 0 Å². The van der Waals surface area contributed by atoms with Gasteiger partial charge in [-0.2, -0.15) is 0 Å². The van der Waals surface area contributed by atoms with Crippen LogP contribution in [-0.2, 0) is 16.2 Å². The van der Waals surface area contributed by atoms with Crippen LogP contribution in [0.15, 0.2) is 60.7 Å². The summed E-state index contributed by atoms with van der Waals surface area (Å²) in [6, 6.07) is 19.2. The molecule has 3 heteroatoms. The van der Waals surface area contributed by atoms with E-state index in [1.807, 2.05) is 60.7 Å². The molecule has 0 aliphatic rings. The molecule has 1 radical (unpaired) electrons. The van der Waals surface area contributed by atoms with Crippen LogP contribution in [0, 0.1) is 5.92 Å². The molecule has 0 spiro atoms. The molecule has 0 unspecified atom stereocenters. The largest absolute Gasteiger partial charge is 0.288 e. The Morgan fingerprint density at radius 2 is 1.59 bits per heavy atom. The Kier molecular flexibility index (Phi) is 6.16. The number of para-hydroxylation sites is 1. The van der Waals surface area contributed by atoms with Crippen LogP contribution in [0.3, 0.4) is 0 Å². The van der Waals surface area contributed by atoms with Gasteiger partial charge in [-0.3, -0.25) is 9.63 Å². The number of anilines is 1. The minimum atomic E-state index is -0.411. The minimum absolute atomic E-state index is 0.387. The SMILES string of the molecule is CC(C)C[C@@H]([C]=O)N(OCc1ccccc1)c1ccccc1. The van der Waals surface area contributed by atoms with E-state index >= 15 is 0 Å². The van der Waals surface area contributed by atoms with Crippen molar-refractivity contribution in [3.8, 4) is 0 Å². The zero-order valence-corrected chi connectivity index (χ0v) is 13.1. The number of carbonyl (C=O) groups excluding carboxylic acids is 1. The molecule has 0 aliphatic carbocycles. The Hall–Kier alpha value is -2.13. The quantitative estimate of drug-likeness (QED) is 0.685. The van der Waals surface area contributed by atoms with Gasteiger partial charge in [0.15, 0.2) is 0 Å². The highest BCUT2D eigenvalue weighted by Crippen LogP contribution is 2.21. The lowest BCUT2D eigenvalue weighted by atomic mass is 10.0. The molecule has 0 aliphatic heterocycles. The first-order valence-electron chi connectivity index (χ1n) is 7.59. The van der Waals surface area contributed by atoms with E-state index in [2.05, 4.69) is 20.1 Å². The molecule has 1 atom stereocenters. The normalized spacial score (nSPS) is 12.1. The van der Waals surface area contributed by atoms with E-state index in [4.69, 9.17) is 4.84 Å². The van der Waals surface area contributed by atoms with Crippen molar-refractivity contribution in [1.82, 2.24) is 0 Å². The van der Waals surface area contributed by atoms with Crippen molar-refractivity contribution in [1.29, 1.82) is 0 Å². The molecule has 0 heterocycles. The topological polar surface area (TPSA) is 29.5 Å². The second kappa shape index (κ2) is 8.35. The van der Waals surface area contributed by atoms with Gasteiger partial charge in [0.25, 0.3) is 0 Å². The van der Waals surface area contributed by atoms with Crippen molar-refractivity contribution >= 4 is 12.0 Å². The lowest BCUT2D eigenvalue weighted by Gasteiger charge is -2.29. The van der Waals surface area contributed by atoms with Crippen LogP contribution in [0.5, 0.6) is 0 Å². The fourth-order valence-corrected chi connectivity index (χ4v) is 2.28. The molecule has 2 aromatic carbocycles. The predicted molar refractivity (Wildman–Crippen MR) is 89.1 cm³/mol. The third-order valence-corrected chi connectivity index (χ3v) is 3.34. The number of hydrogen-bond acceptors (Lipinski definition) is 3. The minimum Gasteiger partial charge on any atom is -0.288 e. The molecular weight excluding hydrogens is 274 g/mol. The zero-order chi connectivity index (χ0) is 15.8. The van der Waals surface area contributed by atoms with Crippen LogP contribution in [-0.4, -0.2) is 12.3 Å². The number of nitrogens with zero attached hydrogens (tertiary/aromatic N) is 1. The lowest BCUT2D eigenvalue weighted by Crippen LogP contribution is -2.37. The van der Waals surface area contributed by atoms with E-state index in [0.717, 1.165) is 11.3 Å². The van der Waals surface area contributed by atoms with E-state index < -0.39 is 6.04 Å². The zero-order valence-electron chi connectivity index (χ0n) is 13.1. The molecule has 2 rings (SSSR count). The second-order valence-corrected chi connectivity index (χ2v) is 5.68. The van der Waals surface area contributed by atoms with Gasteiger partial charge in [0, 0.05) is 0 Å². The van der Waals surface area contributed by atoms with Crippen LogP contribution < -0.4 is 5.06 Å². The van der Waals surface area contributed by atoms with Gasteiger partial charge in [0.05, 0.1) is 12.3 Å². The summed E-state index contributed by atoms with van der Waals surface area (Å²) >= 11 is 0. The van der Waals surface area contributed by atoms with Gasteiger partial charge < -0.3 is 0 Å². The number of benzene rings is 2. The van der Waals surface area contributed by atoms with E-state index in [1.54, 1.807) is 5.06 Å². The van der Waals surface area contributed by atoms with Crippen molar-refractivity contribution in [2.45, 2.75) is 32.9 Å². The first-order chi connectivity index (χ1) is 10.7. The smallest absolute Gasteiger partial charge is 0.225 e. The molecule has 0 saturated heterocycles. The summed E-state index contributed by atoms with van der Waals surface area (Å²) in [7, 11) is 0. The van der Waals surface area contributed by atoms with Crippen LogP contribution in [0.4, 0.5) is 5.69 Å². The fourth-order valence-electron chi connectivity index (χ4n) is 2.28. The number of rotatable bonds is 8. The van der Waals surface area contributed by atoms with E-state index in [1.165, 1.54) is 0 Å². The highest BCUT2D eigenvalue weighted by atomic mass is 16.7. The molecule has 22 heavy (non-hydrogen) atoms. The maximum Gasteiger partial charge on any atom is 0.225 e. The van der Waals surface area contributed by atoms with Crippen LogP contribution in [0.2, 0.25) is 0 Å². The highest BCUT2D eigenvalue weighted by Gasteiger charge is 2.21. The Balaban J connectivity index is 2.15. The number of hydroxylamine groups is 1. The molecule has 3 nitrogen and oxygen atoms in total. The van der Waals surface area contributed by atoms with Gasteiger partial charge in [-0.1, -0.05) is 62.4 Å². The maximum absolute atomic E-state index is 11.4. The Labute approximate surface area is 132 Å². The summed E-state index contributed by atoms with van der Waals surface area (Å²) < 4.78 is 0. The van der Waals surface area contributed by atoms with E-state index in [-0.39, 0.29) is 0 Å². The Bertz CT molecular complexity index is 554. The van der Waals surface area contributed by atoms with Gasteiger partial charge in [-0.05, 0) is 30.0 Å². The van der Waals surface area contributed by atoms with Crippen molar-refractivity contribution in [2.75, 3.05) is 5.06 Å². The third-order valence-electron chi connectivity index (χ3n) is 3.34. The van der Waals surface area contributed by atoms with Gasteiger partial charge >= 0.3 is 0 Å². The number of hydrogen-bond donors (Lipinski definition) is 0. The summed E-state index contributed by atoms with van der Waals surface area (Å²) in [5.41, 5.74) is 1.94. The highest BCUT2D eigenvalue weighted by molar-refractivity contribution is 5.65. The van der Waals surface area contributed by atoms with Crippen LogP contribution in [0.1, 0.15) is 25.8 Å². The summed E-state index contributed by atoms with van der Waals surface area (Å²) in [6.45, 7) is 4.60. The van der Waals surface area contributed by atoms with Gasteiger partial charge in [-0.25, -0.2) is 5.06 Å². The molecule has 0 N–H and O–H groups in total. The van der Waals surface area contributed by atoms with Gasteiger partial charge in [-0.15, -0.1) is 0 Å². The predicted octanol–water partition coefficient (Wildman–Crippen LogP) is 4.15.